The van der Waals surface area contributed by atoms with Gasteiger partial charge in [0, 0.05) is 53.1 Å². The first kappa shape index (κ1) is 31.1. The van der Waals surface area contributed by atoms with Crippen LogP contribution in [-0.4, -0.2) is 9.13 Å². The van der Waals surface area contributed by atoms with E-state index in [0.29, 0.717) is 0 Å². The zero-order valence-corrected chi connectivity index (χ0v) is 31.6. The molecule has 0 amide bonds. The van der Waals surface area contributed by atoms with Gasteiger partial charge in [-0.1, -0.05) is 133 Å². The van der Waals surface area contributed by atoms with Gasteiger partial charge in [0.1, 0.15) is 0 Å². The van der Waals surface area contributed by atoms with E-state index in [4.69, 9.17) is 0 Å². The van der Waals surface area contributed by atoms with Crippen LogP contribution in [0.1, 0.15) is 0 Å². The van der Waals surface area contributed by atoms with Gasteiger partial charge in [-0.15, -0.1) is 11.3 Å². The van der Waals surface area contributed by atoms with Crippen molar-refractivity contribution in [1.82, 2.24) is 9.13 Å². The van der Waals surface area contributed by atoms with E-state index in [1.807, 2.05) is 11.3 Å². The Morgan fingerprint density at radius 1 is 0.281 bits per heavy atom. The molecular formula is C54H32N2S. The number of nitrogens with zero attached hydrogens (tertiary/aromatic N) is 2. The quantitative estimate of drug-likeness (QED) is 0.160. The van der Waals surface area contributed by atoms with Crippen molar-refractivity contribution in [3.05, 3.63) is 194 Å². The summed E-state index contributed by atoms with van der Waals surface area (Å²) < 4.78 is 7.55. The van der Waals surface area contributed by atoms with E-state index in [1.165, 1.54) is 113 Å². The van der Waals surface area contributed by atoms with Crippen LogP contribution in [0.15, 0.2) is 194 Å². The highest BCUT2D eigenvalue weighted by atomic mass is 32.1. The van der Waals surface area contributed by atoms with Gasteiger partial charge in [0.15, 0.2) is 0 Å². The van der Waals surface area contributed by atoms with Crippen LogP contribution in [-0.2, 0) is 0 Å². The molecule has 10 aromatic carbocycles. The highest BCUT2D eigenvalue weighted by Gasteiger charge is 2.18. The van der Waals surface area contributed by atoms with Crippen molar-refractivity contribution in [2.75, 3.05) is 0 Å². The number of benzene rings is 10. The third kappa shape index (κ3) is 4.35. The molecule has 2 nitrogen and oxygen atoms in total. The lowest BCUT2D eigenvalue weighted by Gasteiger charge is -2.15. The second-order valence-corrected chi connectivity index (χ2v) is 16.3. The molecule has 264 valence electrons. The lowest BCUT2D eigenvalue weighted by Crippen LogP contribution is -1.96. The highest BCUT2D eigenvalue weighted by Crippen LogP contribution is 2.44. The largest absolute Gasteiger partial charge is 0.309 e. The van der Waals surface area contributed by atoms with E-state index in [1.54, 1.807) is 0 Å². The molecule has 0 bridgehead atoms. The smallest absolute Gasteiger partial charge is 0.0542 e. The van der Waals surface area contributed by atoms with Crippen molar-refractivity contribution in [3.63, 3.8) is 0 Å². The van der Waals surface area contributed by atoms with Gasteiger partial charge in [0.2, 0.25) is 0 Å². The fourth-order valence-electron chi connectivity index (χ4n) is 9.80. The standard InChI is InChI=1S/C54H32N2S/c1-2-13-38-37(12-1)46-30-33(36-18-11-19-45-44-17-6-10-23-53(44)57-54(36)45)24-27-39(46)40-28-25-34(31-47(38)40)56-51-22-9-5-16-43(51)48-32-35(26-29-52(48)56)55-49-20-7-3-14-41(49)42-15-4-8-21-50(42)55/h1-32H. The Bertz CT molecular complexity index is 3750. The van der Waals surface area contributed by atoms with Crippen LogP contribution in [0, 0.1) is 0 Å². The summed E-state index contributed by atoms with van der Waals surface area (Å²) in [5.41, 5.74) is 9.73. The minimum atomic E-state index is 1.16. The number of hydrogen-bond donors (Lipinski definition) is 0. The lowest BCUT2D eigenvalue weighted by atomic mass is 9.91. The van der Waals surface area contributed by atoms with Crippen molar-refractivity contribution in [2.24, 2.45) is 0 Å². The Kier molecular flexibility index (Phi) is 6.35. The Labute approximate surface area is 331 Å². The van der Waals surface area contributed by atoms with Gasteiger partial charge >= 0.3 is 0 Å². The second kappa shape index (κ2) is 11.7. The fourth-order valence-corrected chi connectivity index (χ4v) is 11.0. The summed E-state index contributed by atoms with van der Waals surface area (Å²) in [7, 11) is 0. The first-order valence-corrected chi connectivity index (χ1v) is 20.4. The fraction of sp³-hybridized carbons (Fsp3) is 0. The molecule has 13 aromatic rings. The van der Waals surface area contributed by atoms with E-state index in [9.17, 15) is 0 Å². The van der Waals surface area contributed by atoms with Crippen LogP contribution in [0.3, 0.4) is 0 Å². The van der Waals surface area contributed by atoms with Gasteiger partial charge in [-0.2, -0.15) is 0 Å². The van der Waals surface area contributed by atoms with Gasteiger partial charge < -0.3 is 9.13 Å². The Morgan fingerprint density at radius 3 is 1.40 bits per heavy atom. The zero-order valence-electron chi connectivity index (χ0n) is 30.8. The van der Waals surface area contributed by atoms with Gasteiger partial charge in [-0.3, -0.25) is 0 Å². The molecule has 0 aliphatic heterocycles. The van der Waals surface area contributed by atoms with Crippen molar-refractivity contribution < 1.29 is 0 Å². The van der Waals surface area contributed by atoms with Gasteiger partial charge in [0.05, 0.1) is 22.1 Å². The molecule has 0 unspecified atom stereocenters. The topological polar surface area (TPSA) is 9.86 Å². The molecule has 3 heterocycles. The molecule has 0 saturated heterocycles. The molecule has 13 rings (SSSR count). The molecule has 0 atom stereocenters. The van der Waals surface area contributed by atoms with Crippen molar-refractivity contribution in [3.8, 4) is 22.5 Å². The van der Waals surface area contributed by atoms with E-state index < -0.39 is 0 Å². The summed E-state index contributed by atoms with van der Waals surface area (Å²) in [5.74, 6) is 0. The third-order valence-corrected chi connectivity index (χ3v) is 13.5. The molecule has 0 aliphatic carbocycles. The minimum Gasteiger partial charge on any atom is -0.309 e. The summed E-state index contributed by atoms with van der Waals surface area (Å²) in [4.78, 5) is 0. The molecule has 0 fully saturated rings. The number of fused-ring (bicyclic) bond motifs is 15. The summed E-state index contributed by atoms with van der Waals surface area (Å²) in [6.45, 7) is 0. The minimum absolute atomic E-state index is 1.16. The van der Waals surface area contributed by atoms with E-state index in [-0.39, 0.29) is 0 Å². The van der Waals surface area contributed by atoms with Crippen LogP contribution >= 0.6 is 11.3 Å². The van der Waals surface area contributed by atoms with Gasteiger partial charge in [0.25, 0.3) is 0 Å². The van der Waals surface area contributed by atoms with Crippen molar-refractivity contribution in [2.45, 2.75) is 0 Å². The number of para-hydroxylation sites is 3. The summed E-state index contributed by atoms with van der Waals surface area (Å²) in [5, 5.41) is 15.4. The molecular weight excluding hydrogens is 709 g/mol. The Morgan fingerprint density at radius 2 is 0.737 bits per heavy atom. The van der Waals surface area contributed by atoms with E-state index in [0.717, 1.165) is 5.69 Å². The zero-order chi connectivity index (χ0) is 37.2. The number of thiophene rings is 1. The Hall–Kier alpha value is -7.20. The van der Waals surface area contributed by atoms with E-state index in [2.05, 4.69) is 203 Å². The van der Waals surface area contributed by atoms with Crippen LogP contribution in [0.25, 0.3) is 119 Å². The van der Waals surface area contributed by atoms with Gasteiger partial charge in [-0.25, -0.2) is 0 Å². The van der Waals surface area contributed by atoms with Gasteiger partial charge in [-0.05, 0) is 104 Å². The number of hydrogen-bond acceptors (Lipinski definition) is 1. The van der Waals surface area contributed by atoms with Crippen molar-refractivity contribution in [1.29, 1.82) is 0 Å². The average Bonchev–Trinajstić information content (AvgIpc) is 3.94. The molecule has 3 heteroatoms. The summed E-state index contributed by atoms with van der Waals surface area (Å²) in [6.07, 6.45) is 0. The average molecular weight is 741 g/mol. The molecule has 0 N–H and O–H groups in total. The first-order chi connectivity index (χ1) is 28.3. The number of rotatable bonds is 3. The first-order valence-electron chi connectivity index (χ1n) is 19.6. The maximum Gasteiger partial charge on any atom is 0.0542 e. The maximum absolute atomic E-state index is 2.45. The second-order valence-electron chi connectivity index (χ2n) is 15.2. The lowest BCUT2D eigenvalue weighted by molar-refractivity contribution is 1.17. The molecule has 57 heavy (non-hydrogen) atoms. The van der Waals surface area contributed by atoms with Crippen LogP contribution in [0.2, 0.25) is 0 Å². The van der Waals surface area contributed by atoms with Crippen molar-refractivity contribution >= 4 is 107 Å². The molecule has 0 radical (unpaired) electrons. The molecule has 0 aliphatic rings. The number of aromatic nitrogens is 2. The normalized spacial score (nSPS) is 12.2. The predicted octanol–water partition coefficient (Wildman–Crippen LogP) is 15.4. The monoisotopic (exact) mass is 740 g/mol. The SMILES string of the molecule is c1ccc2c(c1)sc1c(-c3ccc4c5ccc(-n6c7ccccc7c7cc(-n8c9ccccc9c9ccccc98)ccc76)cc5c5ccccc5c4c3)cccc12. The molecule has 3 aromatic heterocycles. The molecule has 0 saturated carbocycles. The van der Waals surface area contributed by atoms with Crippen LogP contribution < -0.4 is 0 Å². The third-order valence-electron chi connectivity index (χ3n) is 12.3. The maximum atomic E-state index is 2.45. The van der Waals surface area contributed by atoms with E-state index >= 15 is 0 Å². The Balaban J connectivity index is 1.02. The summed E-state index contributed by atoms with van der Waals surface area (Å²) in [6, 6.07) is 72.0. The predicted molar refractivity (Wildman–Crippen MR) is 246 cm³/mol. The van der Waals surface area contributed by atoms with Crippen LogP contribution in [0.5, 0.6) is 0 Å². The van der Waals surface area contributed by atoms with Crippen LogP contribution in [0.4, 0.5) is 0 Å². The highest BCUT2D eigenvalue weighted by molar-refractivity contribution is 7.26. The summed E-state index contributed by atoms with van der Waals surface area (Å²) >= 11 is 1.89. The molecule has 0 spiro atoms.